The van der Waals surface area contributed by atoms with Gasteiger partial charge in [0.05, 0.1) is 0 Å². The Morgan fingerprint density at radius 2 is 2.00 bits per heavy atom. The smallest absolute Gasteiger partial charge is 0.0455 e. The van der Waals surface area contributed by atoms with Crippen LogP contribution in [0.15, 0.2) is 42.5 Å². The molecule has 2 aromatic rings. The van der Waals surface area contributed by atoms with Crippen LogP contribution in [0.3, 0.4) is 0 Å². The van der Waals surface area contributed by atoms with E-state index in [1.807, 2.05) is 6.07 Å². The zero-order valence-corrected chi connectivity index (χ0v) is 13.8. The molecule has 0 spiro atoms. The van der Waals surface area contributed by atoms with Gasteiger partial charge < -0.3 is 4.90 Å². The van der Waals surface area contributed by atoms with Crippen LogP contribution >= 0.6 is 27.5 Å². The maximum absolute atomic E-state index is 6.13. The van der Waals surface area contributed by atoms with E-state index in [4.69, 9.17) is 11.6 Å². The number of hydrogen-bond acceptors (Lipinski definition) is 1. The Kier molecular flexibility index (Phi) is 4.04. The summed E-state index contributed by atoms with van der Waals surface area (Å²) in [4.78, 5) is 2.45. The van der Waals surface area contributed by atoms with Gasteiger partial charge in [0, 0.05) is 27.8 Å². The first-order valence-corrected chi connectivity index (χ1v) is 8.42. The van der Waals surface area contributed by atoms with Crippen molar-refractivity contribution in [1.29, 1.82) is 0 Å². The van der Waals surface area contributed by atoms with Gasteiger partial charge in [0.25, 0.3) is 0 Å². The fourth-order valence-corrected chi connectivity index (χ4v) is 3.60. The van der Waals surface area contributed by atoms with Gasteiger partial charge in [-0.2, -0.15) is 0 Å². The van der Waals surface area contributed by atoms with E-state index in [0.29, 0.717) is 6.04 Å². The molecule has 0 saturated heterocycles. The van der Waals surface area contributed by atoms with Crippen LogP contribution in [-0.2, 0) is 11.8 Å². The number of benzene rings is 2. The molecule has 0 fully saturated rings. The summed E-state index contributed by atoms with van der Waals surface area (Å²) in [5.41, 5.74) is 5.25. The highest BCUT2D eigenvalue weighted by Gasteiger charge is 2.25. The number of nitrogens with zero attached hydrogens (tertiary/aromatic N) is 1. The molecule has 1 unspecified atom stereocenters. The van der Waals surface area contributed by atoms with Crippen molar-refractivity contribution in [3.05, 3.63) is 58.6 Å². The number of hydrogen-bond donors (Lipinski definition) is 0. The van der Waals surface area contributed by atoms with Crippen molar-refractivity contribution < 1.29 is 0 Å². The topological polar surface area (TPSA) is 3.24 Å². The lowest BCUT2D eigenvalue weighted by atomic mass is 9.95. The summed E-state index contributed by atoms with van der Waals surface area (Å²) in [5, 5.41) is 1.61. The molecule has 2 aromatic carbocycles. The predicted octanol–water partition coefficient (Wildman–Crippen LogP) is 5.71. The zero-order chi connectivity index (χ0) is 14.1. The van der Waals surface area contributed by atoms with Gasteiger partial charge in [0.15, 0.2) is 0 Å². The van der Waals surface area contributed by atoms with Gasteiger partial charge in [-0.1, -0.05) is 45.7 Å². The van der Waals surface area contributed by atoms with Gasteiger partial charge in [0.2, 0.25) is 0 Å². The molecule has 0 aliphatic carbocycles. The molecule has 1 aliphatic rings. The zero-order valence-electron chi connectivity index (χ0n) is 11.4. The summed E-state index contributed by atoms with van der Waals surface area (Å²) in [6, 6.07) is 15.4. The minimum Gasteiger partial charge on any atom is -0.338 e. The molecular formula is C17H17BrClN. The Morgan fingerprint density at radius 3 is 2.80 bits per heavy atom. The number of aryl methyl sites for hydroxylation is 1. The Morgan fingerprint density at radius 1 is 1.20 bits per heavy atom. The van der Waals surface area contributed by atoms with Crippen LogP contribution in [0.5, 0.6) is 0 Å². The lowest BCUT2D eigenvalue weighted by molar-refractivity contribution is 0.617. The van der Waals surface area contributed by atoms with E-state index in [1.165, 1.54) is 28.9 Å². The van der Waals surface area contributed by atoms with Gasteiger partial charge >= 0.3 is 0 Å². The van der Waals surface area contributed by atoms with E-state index < -0.39 is 0 Å². The third-order valence-electron chi connectivity index (χ3n) is 3.97. The number of para-hydroxylation sites is 1. The summed E-state index contributed by atoms with van der Waals surface area (Å²) >= 11 is 9.72. The number of rotatable bonds is 2. The van der Waals surface area contributed by atoms with Gasteiger partial charge in [0.1, 0.15) is 0 Å². The second-order valence-electron chi connectivity index (χ2n) is 5.29. The predicted molar refractivity (Wildman–Crippen MR) is 90.4 cm³/mol. The number of anilines is 2. The highest BCUT2D eigenvalue weighted by atomic mass is 79.9. The van der Waals surface area contributed by atoms with Crippen LogP contribution in [0.4, 0.5) is 11.4 Å². The largest absolute Gasteiger partial charge is 0.338 e. The normalized spacial score (nSPS) is 17.9. The monoisotopic (exact) mass is 349 g/mol. The second-order valence-corrected chi connectivity index (χ2v) is 6.29. The maximum Gasteiger partial charge on any atom is 0.0455 e. The molecule has 1 atom stereocenters. The number of fused-ring (bicyclic) bond motifs is 1. The number of halogens is 2. The van der Waals surface area contributed by atoms with Crippen LogP contribution in [0.1, 0.15) is 24.5 Å². The SMILES string of the molecule is CC1CCc2ccccc2N1c1ccc(Cl)cc1CBr. The van der Waals surface area contributed by atoms with E-state index in [9.17, 15) is 0 Å². The molecule has 0 N–H and O–H groups in total. The molecular weight excluding hydrogens is 334 g/mol. The van der Waals surface area contributed by atoms with Crippen LogP contribution < -0.4 is 4.90 Å². The summed E-state index contributed by atoms with van der Waals surface area (Å²) in [6.45, 7) is 2.29. The molecule has 0 aromatic heterocycles. The third-order valence-corrected chi connectivity index (χ3v) is 4.81. The van der Waals surface area contributed by atoms with Crippen LogP contribution in [0.25, 0.3) is 0 Å². The van der Waals surface area contributed by atoms with Crippen molar-refractivity contribution in [2.24, 2.45) is 0 Å². The molecule has 1 aliphatic heterocycles. The van der Waals surface area contributed by atoms with E-state index in [-0.39, 0.29) is 0 Å². The summed E-state index contributed by atoms with van der Waals surface area (Å²) in [6.07, 6.45) is 2.34. The van der Waals surface area contributed by atoms with Crippen LogP contribution in [0.2, 0.25) is 5.02 Å². The van der Waals surface area contributed by atoms with Gasteiger partial charge in [-0.3, -0.25) is 0 Å². The minimum absolute atomic E-state index is 0.504. The van der Waals surface area contributed by atoms with E-state index in [0.717, 1.165) is 16.8 Å². The Hall–Kier alpha value is -0.990. The highest BCUT2D eigenvalue weighted by molar-refractivity contribution is 9.08. The van der Waals surface area contributed by atoms with Crippen molar-refractivity contribution in [2.45, 2.75) is 31.1 Å². The first-order chi connectivity index (χ1) is 9.70. The van der Waals surface area contributed by atoms with Crippen molar-refractivity contribution in [3.63, 3.8) is 0 Å². The Labute approximate surface area is 133 Å². The molecule has 20 heavy (non-hydrogen) atoms. The molecule has 3 rings (SSSR count). The first kappa shape index (κ1) is 14.0. The average molecular weight is 351 g/mol. The lowest BCUT2D eigenvalue weighted by Gasteiger charge is -2.38. The Bertz CT molecular complexity index is 626. The number of alkyl halides is 1. The Balaban J connectivity index is 2.14. The summed E-state index contributed by atoms with van der Waals surface area (Å²) in [5.74, 6) is 0. The van der Waals surface area contributed by atoms with E-state index >= 15 is 0 Å². The van der Waals surface area contributed by atoms with Crippen molar-refractivity contribution in [3.8, 4) is 0 Å². The summed E-state index contributed by atoms with van der Waals surface area (Å²) in [7, 11) is 0. The van der Waals surface area contributed by atoms with Gasteiger partial charge in [-0.05, 0) is 55.2 Å². The molecule has 0 bridgehead atoms. The van der Waals surface area contributed by atoms with Crippen LogP contribution in [0, 0.1) is 0 Å². The molecule has 3 heteroatoms. The fraction of sp³-hybridized carbons (Fsp3) is 0.294. The molecule has 1 nitrogen and oxygen atoms in total. The van der Waals surface area contributed by atoms with Gasteiger partial charge in [-0.15, -0.1) is 0 Å². The highest BCUT2D eigenvalue weighted by Crippen LogP contribution is 2.39. The fourth-order valence-electron chi connectivity index (χ4n) is 2.95. The second kappa shape index (κ2) is 5.79. The average Bonchev–Trinajstić information content (AvgIpc) is 2.48. The molecule has 0 saturated carbocycles. The molecule has 0 radical (unpaired) electrons. The van der Waals surface area contributed by atoms with Crippen molar-refractivity contribution in [1.82, 2.24) is 0 Å². The molecule has 104 valence electrons. The van der Waals surface area contributed by atoms with Crippen molar-refractivity contribution >= 4 is 38.9 Å². The molecule has 1 heterocycles. The quantitative estimate of drug-likeness (QED) is 0.627. The van der Waals surface area contributed by atoms with E-state index in [1.54, 1.807) is 0 Å². The van der Waals surface area contributed by atoms with Gasteiger partial charge in [-0.25, -0.2) is 0 Å². The lowest BCUT2D eigenvalue weighted by Crippen LogP contribution is -2.33. The van der Waals surface area contributed by atoms with Crippen molar-refractivity contribution in [2.75, 3.05) is 4.90 Å². The minimum atomic E-state index is 0.504. The first-order valence-electron chi connectivity index (χ1n) is 6.92. The third kappa shape index (κ3) is 2.47. The molecule has 0 amide bonds. The summed E-state index contributed by atoms with van der Waals surface area (Å²) < 4.78 is 0. The van der Waals surface area contributed by atoms with Crippen LogP contribution in [-0.4, -0.2) is 6.04 Å². The maximum atomic E-state index is 6.13. The van der Waals surface area contributed by atoms with E-state index in [2.05, 4.69) is 64.2 Å². The standard InChI is InChI=1S/C17H17BrClN/c1-12-6-7-13-4-2-3-5-16(13)20(12)17-9-8-15(19)10-14(17)11-18/h2-5,8-10,12H,6-7,11H2,1H3.